The van der Waals surface area contributed by atoms with Gasteiger partial charge in [-0.1, -0.05) is 24.8 Å². The normalized spacial score (nSPS) is 22.7. The number of aromatic nitrogens is 2. The van der Waals surface area contributed by atoms with Gasteiger partial charge < -0.3 is 14.6 Å². The monoisotopic (exact) mass is 347 g/mol. The van der Waals surface area contributed by atoms with Crippen molar-refractivity contribution in [3.63, 3.8) is 0 Å². The van der Waals surface area contributed by atoms with E-state index in [1.165, 1.54) is 6.20 Å². The van der Waals surface area contributed by atoms with Gasteiger partial charge in [0.15, 0.2) is 5.82 Å². The van der Waals surface area contributed by atoms with E-state index in [0.717, 1.165) is 43.6 Å². The Morgan fingerprint density at radius 1 is 1.15 bits per heavy atom. The molecule has 6 nitrogen and oxygen atoms in total. The second kappa shape index (κ2) is 6.41. The number of carbonyl (C=O) groups is 1. The lowest BCUT2D eigenvalue weighted by atomic mass is 9.78. The largest absolute Gasteiger partial charge is 0.363 e. The SMILES string of the molecule is [C-]#[N+]c1nccnc1N1CCC[C@@]2(CCN(c3ccccc3C)C2=O)C1. The number of aryl methyl sites for hydroxylation is 1. The maximum atomic E-state index is 13.4. The average molecular weight is 347 g/mol. The molecule has 2 aliphatic rings. The van der Waals surface area contributed by atoms with E-state index in [9.17, 15) is 4.79 Å². The molecular formula is C20H21N5O. The van der Waals surface area contributed by atoms with E-state index in [0.29, 0.717) is 18.2 Å². The Bertz CT molecular complexity index is 890. The molecule has 0 radical (unpaired) electrons. The Labute approximate surface area is 153 Å². The summed E-state index contributed by atoms with van der Waals surface area (Å²) in [6.07, 6.45) is 5.79. The summed E-state index contributed by atoms with van der Waals surface area (Å²) in [7, 11) is 0. The molecule has 0 aliphatic carbocycles. The molecule has 2 fully saturated rings. The number of rotatable bonds is 2. The summed E-state index contributed by atoms with van der Waals surface area (Å²) in [5.74, 6) is 1.11. The van der Waals surface area contributed by atoms with Crippen molar-refractivity contribution in [1.82, 2.24) is 9.97 Å². The average Bonchev–Trinajstić information content (AvgIpc) is 2.98. The second-order valence-corrected chi connectivity index (χ2v) is 7.11. The van der Waals surface area contributed by atoms with Crippen molar-refractivity contribution in [2.24, 2.45) is 5.41 Å². The van der Waals surface area contributed by atoms with Crippen molar-refractivity contribution in [2.75, 3.05) is 29.4 Å². The van der Waals surface area contributed by atoms with Gasteiger partial charge in [-0.2, -0.15) is 0 Å². The highest BCUT2D eigenvalue weighted by Crippen LogP contribution is 2.43. The highest BCUT2D eigenvalue weighted by molar-refractivity contribution is 6.01. The first-order valence-corrected chi connectivity index (χ1v) is 8.96. The zero-order valence-electron chi connectivity index (χ0n) is 14.9. The van der Waals surface area contributed by atoms with E-state index in [4.69, 9.17) is 6.57 Å². The summed E-state index contributed by atoms with van der Waals surface area (Å²) in [4.78, 5) is 29.4. The van der Waals surface area contributed by atoms with Gasteiger partial charge in [-0.15, -0.1) is 4.98 Å². The van der Waals surface area contributed by atoms with Crippen molar-refractivity contribution >= 4 is 23.2 Å². The number of para-hydroxylation sites is 1. The van der Waals surface area contributed by atoms with E-state index < -0.39 is 5.41 Å². The predicted molar refractivity (Wildman–Crippen MR) is 100 cm³/mol. The zero-order chi connectivity index (χ0) is 18.1. The van der Waals surface area contributed by atoms with Crippen LogP contribution in [0, 0.1) is 18.9 Å². The lowest BCUT2D eigenvalue weighted by Crippen LogP contribution is -2.48. The fraction of sp³-hybridized carbons (Fsp3) is 0.400. The minimum atomic E-state index is -0.392. The maximum absolute atomic E-state index is 13.4. The Morgan fingerprint density at radius 3 is 2.77 bits per heavy atom. The van der Waals surface area contributed by atoms with Crippen LogP contribution in [-0.2, 0) is 4.79 Å². The van der Waals surface area contributed by atoms with E-state index in [-0.39, 0.29) is 5.91 Å². The molecule has 0 bridgehead atoms. The van der Waals surface area contributed by atoms with Gasteiger partial charge in [0.2, 0.25) is 5.91 Å². The molecular weight excluding hydrogens is 326 g/mol. The second-order valence-electron chi connectivity index (χ2n) is 7.11. The molecule has 0 N–H and O–H groups in total. The topological polar surface area (TPSA) is 53.7 Å². The van der Waals surface area contributed by atoms with Crippen molar-refractivity contribution in [3.8, 4) is 0 Å². The molecule has 1 amide bonds. The van der Waals surface area contributed by atoms with Crippen LogP contribution >= 0.6 is 0 Å². The van der Waals surface area contributed by atoms with Crippen LogP contribution < -0.4 is 9.80 Å². The predicted octanol–water partition coefficient (Wildman–Crippen LogP) is 3.36. The van der Waals surface area contributed by atoms with Gasteiger partial charge in [0, 0.05) is 25.3 Å². The number of hydrogen-bond acceptors (Lipinski definition) is 4. The lowest BCUT2D eigenvalue weighted by Gasteiger charge is -2.39. The van der Waals surface area contributed by atoms with Gasteiger partial charge in [-0.3, -0.25) is 4.79 Å². The van der Waals surface area contributed by atoms with Crippen LogP contribution in [0.15, 0.2) is 36.7 Å². The van der Waals surface area contributed by atoms with E-state index >= 15 is 0 Å². The molecule has 1 aromatic carbocycles. The van der Waals surface area contributed by atoms with Gasteiger partial charge in [-0.25, -0.2) is 4.98 Å². The number of hydrogen-bond donors (Lipinski definition) is 0. The molecule has 2 aromatic rings. The quantitative estimate of drug-likeness (QED) is 0.782. The smallest absolute Gasteiger partial charge is 0.312 e. The Balaban J connectivity index is 1.62. The number of anilines is 2. The third-order valence-corrected chi connectivity index (χ3v) is 5.56. The third kappa shape index (κ3) is 2.60. The third-order valence-electron chi connectivity index (χ3n) is 5.56. The highest BCUT2D eigenvalue weighted by Gasteiger charge is 2.49. The van der Waals surface area contributed by atoms with E-state index in [1.807, 2.05) is 36.1 Å². The van der Waals surface area contributed by atoms with Gasteiger partial charge in [-0.05, 0) is 37.8 Å². The van der Waals surface area contributed by atoms with Crippen LogP contribution in [0.5, 0.6) is 0 Å². The summed E-state index contributed by atoms with van der Waals surface area (Å²) in [5.41, 5.74) is 1.74. The van der Waals surface area contributed by atoms with Gasteiger partial charge >= 0.3 is 5.82 Å². The molecule has 2 saturated heterocycles. The summed E-state index contributed by atoms with van der Waals surface area (Å²) >= 11 is 0. The summed E-state index contributed by atoms with van der Waals surface area (Å²) in [6, 6.07) is 8.04. The Hall–Kier alpha value is -2.94. The molecule has 2 aliphatic heterocycles. The van der Waals surface area contributed by atoms with Gasteiger partial charge in [0.05, 0.1) is 11.6 Å². The first-order valence-electron chi connectivity index (χ1n) is 8.96. The molecule has 4 rings (SSSR count). The van der Waals surface area contributed by atoms with Crippen LogP contribution in [0.3, 0.4) is 0 Å². The summed E-state index contributed by atoms with van der Waals surface area (Å²) < 4.78 is 0. The number of benzene rings is 1. The molecule has 0 unspecified atom stereocenters. The Kier molecular flexibility index (Phi) is 4.08. The summed E-state index contributed by atoms with van der Waals surface area (Å²) in [5, 5.41) is 0. The molecule has 6 heteroatoms. The maximum Gasteiger partial charge on any atom is 0.312 e. The van der Waals surface area contributed by atoms with Crippen LogP contribution in [0.4, 0.5) is 17.3 Å². The van der Waals surface area contributed by atoms with Crippen molar-refractivity contribution < 1.29 is 4.79 Å². The molecule has 1 spiro atoms. The van der Waals surface area contributed by atoms with Crippen LogP contribution in [-0.4, -0.2) is 35.5 Å². The lowest BCUT2D eigenvalue weighted by molar-refractivity contribution is -0.126. The molecule has 1 aromatic heterocycles. The number of amides is 1. The number of piperidine rings is 1. The number of nitrogens with zero attached hydrogens (tertiary/aromatic N) is 5. The van der Waals surface area contributed by atoms with Crippen LogP contribution in [0.25, 0.3) is 4.85 Å². The fourth-order valence-electron chi connectivity index (χ4n) is 4.23. The number of carbonyl (C=O) groups excluding carboxylic acids is 1. The van der Waals surface area contributed by atoms with Gasteiger partial charge in [0.25, 0.3) is 0 Å². The molecule has 0 saturated carbocycles. The van der Waals surface area contributed by atoms with Crippen molar-refractivity contribution in [2.45, 2.75) is 26.2 Å². The Morgan fingerprint density at radius 2 is 1.96 bits per heavy atom. The molecule has 132 valence electrons. The van der Waals surface area contributed by atoms with Crippen LogP contribution in [0.1, 0.15) is 24.8 Å². The minimum Gasteiger partial charge on any atom is -0.363 e. The molecule has 1 atom stereocenters. The summed E-state index contributed by atoms with van der Waals surface area (Å²) in [6.45, 7) is 11.5. The standard InChI is InChI=1S/C20H21N5O/c1-15-6-3-4-7-16(15)25-13-9-20(19(25)26)8-5-12-24(14-20)18-17(21-2)22-10-11-23-18/h3-4,6-7,10-11H,5,8-9,12-14H2,1H3/t20-/m1/s1. The van der Waals surface area contributed by atoms with Crippen LogP contribution in [0.2, 0.25) is 0 Å². The van der Waals surface area contributed by atoms with Gasteiger partial charge in [0.1, 0.15) is 6.20 Å². The molecule has 3 heterocycles. The minimum absolute atomic E-state index is 0.199. The van der Waals surface area contributed by atoms with E-state index in [2.05, 4.69) is 19.7 Å². The highest BCUT2D eigenvalue weighted by atomic mass is 16.2. The zero-order valence-corrected chi connectivity index (χ0v) is 14.9. The van der Waals surface area contributed by atoms with Crippen molar-refractivity contribution in [1.29, 1.82) is 0 Å². The van der Waals surface area contributed by atoms with E-state index in [1.54, 1.807) is 6.20 Å². The first kappa shape index (κ1) is 16.5. The fourth-order valence-corrected chi connectivity index (χ4v) is 4.23. The molecule has 26 heavy (non-hydrogen) atoms. The van der Waals surface area contributed by atoms with Crippen molar-refractivity contribution in [3.05, 3.63) is 53.6 Å². The first-order chi connectivity index (χ1) is 12.6.